The molecule has 1 fully saturated rings. The van der Waals surface area contributed by atoms with Crippen LogP contribution in [0.4, 0.5) is 5.82 Å². The largest absolute Gasteiger partial charge is 0.357 e. The molecule has 0 unspecified atom stereocenters. The van der Waals surface area contributed by atoms with E-state index in [0.29, 0.717) is 18.9 Å². The van der Waals surface area contributed by atoms with Gasteiger partial charge >= 0.3 is 0 Å². The molecular formula is C19H29N7O. The Balaban J connectivity index is 1.54. The standard InChI is InChI=1S/C19H29N7O/c1-4-20-19(22-10-8-17-23-18(15(2)3)24-27-17)26-13-11-25(12-14-26)16-7-5-6-9-21-16/h5-7,9,15H,4,8,10-14H2,1-3H3,(H,20,22). The quantitative estimate of drug-likeness (QED) is 0.613. The van der Waals surface area contributed by atoms with Gasteiger partial charge in [-0.3, -0.25) is 4.99 Å². The van der Waals surface area contributed by atoms with Gasteiger partial charge in [-0.25, -0.2) is 4.98 Å². The fourth-order valence-corrected chi connectivity index (χ4v) is 2.98. The van der Waals surface area contributed by atoms with Crippen molar-refractivity contribution in [2.45, 2.75) is 33.1 Å². The molecular weight excluding hydrogens is 342 g/mol. The van der Waals surface area contributed by atoms with E-state index in [-0.39, 0.29) is 5.92 Å². The lowest BCUT2D eigenvalue weighted by Crippen LogP contribution is -2.52. The summed E-state index contributed by atoms with van der Waals surface area (Å²) < 4.78 is 5.30. The summed E-state index contributed by atoms with van der Waals surface area (Å²) in [6, 6.07) is 6.04. The molecule has 8 heteroatoms. The van der Waals surface area contributed by atoms with E-state index in [9.17, 15) is 0 Å². The van der Waals surface area contributed by atoms with Crippen LogP contribution in [-0.4, -0.2) is 65.3 Å². The van der Waals surface area contributed by atoms with E-state index in [1.54, 1.807) is 0 Å². The Hall–Kier alpha value is -2.64. The Kier molecular flexibility index (Phi) is 6.62. The van der Waals surface area contributed by atoms with Crippen molar-refractivity contribution in [1.82, 2.24) is 25.3 Å². The normalized spacial score (nSPS) is 15.5. The van der Waals surface area contributed by atoms with Crippen molar-refractivity contribution in [3.05, 3.63) is 36.1 Å². The third kappa shape index (κ3) is 5.18. The molecule has 1 aliphatic rings. The van der Waals surface area contributed by atoms with Crippen LogP contribution in [0.3, 0.4) is 0 Å². The first-order valence-electron chi connectivity index (χ1n) is 9.69. The fraction of sp³-hybridized carbons (Fsp3) is 0.579. The zero-order valence-corrected chi connectivity index (χ0v) is 16.4. The van der Waals surface area contributed by atoms with Crippen molar-refractivity contribution in [3.63, 3.8) is 0 Å². The highest BCUT2D eigenvalue weighted by molar-refractivity contribution is 5.80. The van der Waals surface area contributed by atoms with Gasteiger partial charge in [0, 0.05) is 51.3 Å². The van der Waals surface area contributed by atoms with Crippen LogP contribution in [0.15, 0.2) is 33.9 Å². The summed E-state index contributed by atoms with van der Waals surface area (Å²) >= 11 is 0. The predicted molar refractivity (Wildman–Crippen MR) is 106 cm³/mol. The third-order valence-electron chi connectivity index (χ3n) is 4.47. The molecule has 146 valence electrons. The van der Waals surface area contributed by atoms with Gasteiger partial charge < -0.3 is 19.6 Å². The Bertz CT molecular complexity index is 721. The minimum Gasteiger partial charge on any atom is -0.357 e. The van der Waals surface area contributed by atoms with Crippen LogP contribution in [0.1, 0.15) is 38.4 Å². The minimum atomic E-state index is 0.277. The molecule has 0 aliphatic carbocycles. The molecule has 0 atom stereocenters. The molecule has 1 N–H and O–H groups in total. The lowest BCUT2D eigenvalue weighted by atomic mass is 10.2. The smallest absolute Gasteiger partial charge is 0.228 e. The molecule has 3 rings (SSSR count). The number of hydrogen-bond donors (Lipinski definition) is 1. The van der Waals surface area contributed by atoms with Crippen molar-refractivity contribution in [2.75, 3.05) is 44.2 Å². The molecule has 0 radical (unpaired) electrons. The Morgan fingerprint density at radius 2 is 2.07 bits per heavy atom. The van der Waals surface area contributed by atoms with Gasteiger partial charge in [0.25, 0.3) is 0 Å². The first-order valence-corrected chi connectivity index (χ1v) is 9.69. The van der Waals surface area contributed by atoms with Gasteiger partial charge in [0.1, 0.15) is 5.82 Å². The molecule has 1 saturated heterocycles. The molecule has 0 bridgehead atoms. The van der Waals surface area contributed by atoms with Crippen LogP contribution in [0.25, 0.3) is 0 Å². The Morgan fingerprint density at radius 3 is 2.70 bits per heavy atom. The van der Waals surface area contributed by atoms with E-state index < -0.39 is 0 Å². The zero-order chi connectivity index (χ0) is 19.1. The number of nitrogens with one attached hydrogen (secondary N) is 1. The van der Waals surface area contributed by atoms with Gasteiger partial charge in [0.2, 0.25) is 5.89 Å². The maximum absolute atomic E-state index is 5.30. The second-order valence-corrected chi connectivity index (χ2v) is 6.85. The second-order valence-electron chi connectivity index (χ2n) is 6.85. The molecule has 2 aromatic rings. The number of hydrogen-bond acceptors (Lipinski definition) is 6. The van der Waals surface area contributed by atoms with E-state index in [1.165, 1.54) is 0 Å². The second kappa shape index (κ2) is 9.34. The number of aromatic nitrogens is 3. The average Bonchev–Trinajstić information content (AvgIpc) is 3.17. The third-order valence-corrected chi connectivity index (χ3v) is 4.47. The van der Waals surface area contributed by atoms with E-state index in [4.69, 9.17) is 9.52 Å². The van der Waals surface area contributed by atoms with Crippen LogP contribution in [0.2, 0.25) is 0 Å². The van der Waals surface area contributed by atoms with E-state index in [2.05, 4.69) is 57.1 Å². The van der Waals surface area contributed by atoms with Crippen LogP contribution in [-0.2, 0) is 6.42 Å². The Morgan fingerprint density at radius 1 is 1.26 bits per heavy atom. The zero-order valence-electron chi connectivity index (χ0n) is 16.4. The van der Waals surface area contributed by atoms with Crippen LogP contribution < -0.4 is 10.2 Å². The van der Waals surface area contributed by atoms with Crippen molar-refractivity contribution in [3.8, 4) is 0 Å². The van der Waals surface area contributed by atoms with Gasteiger partial charge in [-0.15, -0.1) is 0 Å². The summed E-state index contributed by atoms with van der Waals surface area (Å²) in [6.45, 7) is 11.4. The maximum atomic E-state index is 5.30. The number of aliphatic imine (C=N–C) groups is 1. The first-order chi connectivity index (χ1) is 13.2. The first kappa shape index (κ1) is 19.1. The van der Waals surface area contributed by atoms with Crippen LogP contribution in [0.5, 0.6) is 0 Å². The molecule has 0 spiro atoms. The highest BCUT2D eigenvalue weighted by atomic mass is 16.5. The molecule has 27 heavy (non-hydrogen) atoms. The maximum Gasteiger partial charge on any atom is 0.228 e. The van der Waals surface area contributed by atoms with Gasteiger partial charge in [-0.1, -0.05) is 25.1 Å². The van der Waals surface area contributed by atoms with E-state index in [1.807, 2.05) is 18.3 Å². The summed E-state index contributed by atoms with van der Waals surface area (Å²) in [4.78, 5) is 18.2. The monoisotopic (exact) mass is 371 g/mol. The number of rotatable bonds is 6. The number of nitrogens with zero attached hydrogens (tertiary/aromatic N) is 6. The molecule has 1 aliphatic heterocycles. The number of guanidine groups is 1. The van der Waals surface area contributed by atoms with Crippen molar-refractivity contribution >= 4 is 11.8 Å². The number of piperazine rings is 1. The minimum absolute atomic E-state index is 0.277. The highest BCUT2D eigenvalue weighted by Gasteiger charge is 2.20. The lowest BCUT2D eigenvalue weighted by molar-refractivity contribution is 0.366. The van der Waals surface area contributed by atoms with Crippen molar-refractivity contribution in [2.24, 2.45) is 4.99 Å². The predicted octanol–water partition coefficient (Wildman–Crippen LogP) is 1.92. The van der Waals surface area contributed by atoms with Crippen LogP contribution >= 0.6 is 0 Å². The van der Waals surface area contributed by atoms with Gasteiger partial charge in [-0.05, 0) is 19.1 Å². The average molecular weight is 371 g/mol. The summed E-state index contributed by atoms with van der Waals surface area (Å²) in [6.07, 6.45) is 2.50. The summed E-state index contributed by atoms with van der Waals surface area (Å²) in [5, 5.41) is 7.40. The number of pyridine rings is 1. The van der Waals surface area contributed by atoms with Gasteiger partial charge in [0.15, 0.2) is 11.8 Å². The number of anilines is 1. The molecule has 3 heterocycles. The van der Waals surface area contributed by atoms with E-state index >= 15 is 0 Å². The van der Waals surface area contributed by atoms with Crippen molar-refractivity contribution in [1.29, 1.82) is 0 Å². The fourth-order valence-electron chi connectivity index (χ4n) is 2.98. The Labute approximate surface area is 160 Å². The summed E-state index contributed by atoms with van der Waals surface area (Å²) in [5.74, 6) is 3.67. The van der Waals surface area contributed by atoms with Gasteiger partial charge in [-0.2, -0.15) is 4.98 Å². The van der Waals surface area contributed by atoms with Crippen LogP contribution in [0, 0.1) is 0 Å². The van der Waals surface area contributed by atoms with E-state index in [0.717, 1.165) is 50.3 Å². The summed E-state index contributed by atoms with van der Waals surface area (Å²) in [7, 11) is 0. The highest BCUT2D eigenvalue weighted by Crippen LogP contribution is 2.13. The molecule has 2 aromatic heterocycles. The molecule has 0 saturated carbocycles. The van der Waals surface area contributed by atoms with Crippen molar-refractivity contribution < 1.29 is 4.52 Å². The molecule has 0 amide bonds. The summed E-state index contributed by atoms with van der Waals surface area (Å²) in [5.41, 5.74) is 0. The van der Waals surface area contributed by atoms with Gasteiger partial charge in [0.05, 0.1) is 6.54 Å². The molecule has 0 aromatic carbocycles. The molecule has 8 nitrogen and oxygen atoms in total. The lowest BCUT2D eigenvalue weighted by Gasteiger charge is -2.37. The topological polar surface area (TPSA) is 82.7 Å². The SMILES string of the molecule is CCNC(=NCCc1nc(C(C)C)no1)N1CCN(c2ccccn2)CC1.